The Morgan fingerprint density at radius 1 is 1.04 bits per heavy atom. The lowest BCUT2D eigenvalue weighted by Crippen LogP contribution is -2.17. The molecule has 0 saturated heterocycles. The summed E-state index contributed by atoms with van der Waals surface area (Å²) < 4.78 is 15.2. The molecule has 0 saturated carbocycles. The number of hydrogen-bond donors (Lipinski definition) is 2. The van der Waals surface area contributed by atoms with E-state index in [0.29, 0.717) is 33.5 Å². The lowest BCUT2D eigenvalue weighted by atomic mass is 10.2. The van der Waals surface area contributed by atoms with Crippen LogP contribution < -0.4 is 20.1 Å². The van der Waals surface area contributed by atoms with Crippen molar-refractivity contribution in [1.82, 2.24) is 0 Å². The third-order valence-corrected chi connectivity index (χ3v) is 3.85. The molecule has 2 aromatic rings. The van der Waals surface area contributed by atoms with Crippen molar-refractivity contribution >= 4 is 40.9 Å². The second-order valence-electron chi connectivity index (χ2n) is 5.62. The van der Waals surface area contributed by atoms with Crippen LogP contribution in [0.4, 0.5) is 11.4 Å². The van der Waals surface area contributed by atoms with Gasteiger partial charge in [0.2, 0.25) is 11.8 Å². The molecule has 148 valence electrons. The minimum absolute atomic E-state index is 0.0484. The summed E-state index contributed by atoms with van der Waals surface area (Å²) in [4.78, 5) is 23.8. The summed E-state index contributed by atoms with van der Waals surface area (Å²) in [6, 6.07) is 10.2. The first-order valence-electron chi connectivity index (χ1n) is 8.26. The van der Waals surface area contributed by atoms with E-state index in [9.17, 15) is 9.59 Å². The molecule has 0 spiro atoms. The van der Waals surface area contributed by atoms with Crippen molar-refractivity contribution in [2.24, 2.45) is 0 Å². The van der Waals surface area contributed by atoms with E-state index >= 15 is 0 Å². The minimum Gasteiger partial charge on any atom is -0.493 e. The first-order chi connectivity index (χ1) is 13.5. The Morgan fingerprint density at radius 2 is 1.75 bits per heavy atom. The molecule has 0 aromatic heterocycles. The maximum atomic E-state index is 12.2. The van der Waals surface area contributed by atoms with Crippen LogP contribution in [0.15, 0.2) is 42.5 Å². The Balaban J connectivity index is 2.06. The van der Waals surface area contributed by atoms with Gasteiger partial charge in [0, 0.05) is 24.6 Å². The number of nitrogens with one attached hydrogen (secondary N) is 2. The Kier molecular flexibility index (Phi) is 7.86. The fraction of sp³-hybridized carbons (Fsp3) is 0.200. The fourth-order valence-electron chi connectivity index (χ4n) is 2.39. The monoisotopic (exact) mass is 404 g/mol. The van der Waals surface area contributed by atoms with E-state index < -0.39 is 0 Å². The molecule has 0 aliphatic heterocycles. The first-order valence-corrected chi connectivity index (χ1v) is 8.64. The zero-order valence-electron chi connectivity index (χ0n) is 15.7. The van der Waals surface area contributed by atoms with E-state index in [1.165, 1.54) is 27.4 Å². The number of carbonyl (C=O) groups is 2. The maximum absolute atomic E-state index is 12.2. The highest BCUT2D eigenvalue weighted by Crippen LogP contribution is 2.36. The van der Waals surface area contributed by atoms with Gasteiger partial charge in [-0.2, -0.15) is 0 Å². The van der Waals surface area contributed by atoms with Crippen LogP contribution in [0.5, 0.6) is 11.5 Å². The third-order valence-electron chi connectivity index (χ3n) is 3.57. The van der Waals surface area contributed by atoms with E-state index in [2.05, 4.69) is 10.6 Å². The predicted octanol–water partition coefficient (Wildman–Crippen LogP) is 3.59. The van der Waals surface area contributed by atoms with Gasteiger partial charge in [-0.25, -0.2) is 0 Å². The predicted molar refractivity (Wildman–Crippen MR) is 109 cm³/mol. The van der Waals surface area contributed by atoms with Crippen LogP contribution in [0.3, 0.4) is 0 Å². The fourth-order valence-corrected chi connectivity index (χ4v) is 2.69. The first kappa shape index (κ1) is 21.3. The van der Waals surface area contributed by atoms with Gasteiger partial charge in [0.25, 0.3) is 0 Å². The number of methoxy groups -OCH3 is 3. The van der Waals surface area contributed by atoms with Crippen molar-refractivity contribution in [1.29, 1.82) is 0 Å². The highest BCUT2D eigenvalue weighted by Gasteiger charge is 2.10. The molecule has 0 radical (unpaired) electrons. The number of anilines is 2. The van der Waals surface area contributed by atoms with Gasteiger partial charge in [-0.15, -0.1) is 0 Å². The summed E-state index contributed by atoms with van der Waals surface area (Å²) in [5, 5.41) is 5.77. The molecule has 2 amide bonds. The zero-order valence-corrected chi connectivity index (χ0v) is 16.5. The quantitative estimate of drug-likeness (QED) is 0.656. The summed E-state index contributed by atoms with van der Waals surface area (Å²) in [7, 11) is 4.44. The normalized spacial score (nSPS) is 10.6. The van der Waals surface area contributed by atoms with Crippen molar-refractivity contribution in [2.75, 3.05) is 38.6 Å². The Bertz CT molecular complexity index is 883. The Morgan fingerprint density at radius 3 is 2.39 bits per heavy atom. The largest absolute Gasteiger partial charge is 0.493 e. The van der Waals surface area contributed by atoms with Gasteiger partial charge >= 0.3 is 0 Å². The van der Waals surface area contributed by atoms with Gasteiger partial charge in [-0.05, 0) is 42.0 Å². The molecular weight excluding hydrogens is 384 g/mol. The highest BCUT2D eigenvalue weighted by molar-refractivity contribution is 6.32. The number of carbonyl (C=O) groups excluding carboxylic acids is 2. The van der Waals surface area contributed by atoms with E-state index in [1.807, 2.05) is 0 Å². The average molecular weight is 405 g/mol. The lowest BCUT2D eigenvalue weighted by molar-refractivity contribution is -0.119. The van der Waals surface area contributed by atoms with Crippen molar-refractivity contribution < 1.29 is 23.8 Å². The van der Waals surface area contributed by atoms with Gasteiger partial charge in [-0.1, -0.05) is 17.7 Å². The Hall–Kier alpha value is -3.03. The minimum atomic E-state index is -0.341. The molecule has 8 heteroatoms. The molecule has 2 aromatic carbocycles. The lowest BCUT2D eigenvalue weighted by Gasteiger charge is -2.10. The zero-order chi connectivity index (χ0) is 20.5. The Labute approximate surface area is 168 Å². The topological polar surface area (TPSA) is 85.9 Å². The van der Waals surface area contributed by atoms with Crippen LogP contribution in [0.25, 0.3) is 6.08 Å². The van der Waals surface area contributed by atoms with Crippen LogP contribution >= 0.6 is 11.6 Å². The van der Waals surface area contributed by atoms with Crippen LogP contribution in [-0.4, -0.2) is 39.8 Å². The third kappa shape index (κ3) is 6.00. The number of rotatable bonds is 8. The molecule has 0 unspecified atom stereocenters. The van der Waals surface area contributed by atoms with Crippen molar-refractivity contribution in [2.45, 2.75) is 0 Å². The smallest absolute Gasteiger partial charge is 0.250 e. The molecule has 0 aliphatic rings. The SMILES string of the molecule is COCC(=O)Nc1cccc(NC(=O)/C=C/c2cc(Cl)c(OC)c(OC)c2)c1. The van der Waals surface area contributed by atoms with Crippen molar-refractivity contribution in [3.8, 4) is 11.5 Å². The number of ether oxygens (including phenoxy) is 3. The van der Waals surface area contributed by atoms with Crippen molar-refractivity contribution in [3.05, 3.63) is 53.1 Å². The highest BCUT2D eigenvalue weighted by atomic mass is 35.5. The van der Waals surface area contributed by atoms with Gasteiger partial charge in [0.05, 0.1) is 19.2 Å². The van der Waals surface area contributed by atoms with Crippen LogP contribution in [-0.2, 0) is 14.3 Å². The average Bonchev–Trinajstić information content (AvgIpc) is 2.66. The summed E-state index contributed by atoms with van der Waals surface area (Å²) >= 11 is 6.16. The molecule has 2 rings (SSSR count). The molecule has 7 nitrogen and oxygen atoms in total. The molecule has 0 atom stereocenters. The van der Waals surface area contributed by atoms with Crippen LogP contribution in [0.2, 0.25) is 5.02 Å². The number of amides is 2. The van der Waals surface area contributed by atoms with E-state index in [4.69, 9.17) is 25.8 Å². The van der Waals surface area contributed by atoms with E-state index in [-0.39, 0.29) is 18.4 Å². The molecule has 0 bridgehead atoms. The second-order valence-corrected chi connectivity index (χ2v) is 6.03. The van der Waals surface area contributed by atoms with Crippen LogP contribution in [0, 0.1) is 0 Å². The number of benzene rings is 2. The summed E-state index contributed by atoms with van der Waals surface area (Å²) in [5.41, 5.74) is 1.77. The van der Waals surface area contributed by atoms with Gasteiger partial charge in [0.1, 0.15) is 6.61 Å². The maximum Gasteiger partial charge on any atom is 0.250 e. The van der Waals surface area contributed by atoms with Crippen molar-refractivity contribution in [3.63, 3.8) is 0 Å². The molecule has 0 fully saturated rings. The van der Waals surface area contributed by atoms with E-state index in [0.717, 1.165) is 0 Å². The van der Waals surface area contributed by atoms with E-state index in [1.54, 1.807) is 42.5 Å². The van der Waals surface area contributed by atoms with Gasteiger partial charge in [-0.3, -0.25) is 9.59 Å². The summed E-state index contributed by atoms with van der Waals surface area (Å²) in [6.45, 7) is -0.0484. The molecule has 0 heterocycles. The standard InChI is InChI=1S/C20H21ClN2O5/c1-26-12-19(25)23-15-6-4-5-14(11-15)22-18(24)8-7-13-9-16(21)20(28-3)17(10-13)27-2/h4-11H,12H2,1-3H3,(H,22,24)(H,23,25)/b8-7+. The number of hydrogen-bond acceptors (Lipinski definition) is 5. The van der Waals surface area contributed by atoms with Gasteiger partial charge in [0.15, 0.2) is 11.5 Å². The molecular formula is C20H21ClN2O5. The summed E-state index contributed by atoms with van der Waals surface area (Å²) in [6.07, 6.45) is 2.97. The number of halogens is 1. The summed E-state index contributed by atoms with van der Waals surface area (Å²) in [5.74, 6) is 0.273. The van der Waals surface area contributed by atoms with Gasteiger partial charge < -0.3 is 24.8 Å². The molecule has 28 heavy (non-hydrogen) atoms. The molecule has 2 N–H and O–H groups in total. The van der Waals surface area contributed by atoms with Crippen LogP contribution in [0.1, 0.15) is 5.56 Å². The molecule has 0 aliphatic carbocycles. The second kappa shape index (κ2) is 10.3.